The Morgan fingerprint density at radius 2 is 1.91 bits per heavy atom. The molecule has 0 aliphatic heterocycles. The quantitative estimate of drug-likeness (QED) is 0.696. The van der Waals surface area contributed by atoms with Gasteiger partial charge in [0, 0.05) is 0 Å². The Morgan fingerprint density at radius 3 is 2.09 bits per heavy atom. The van der Waals surface area contributed by atoms with Gasteiger partial charge in [0.2, 0.25) is 8.27 Å². The SMILES string of the molecule is O=S(=O)(Br)c1cc(Br)sc1Br. The van der Waals surface area contributed by atoms with E-state index in [9.17, 15) is 8.42 Å². The number of halogens is 3. The lowest BCUT2D eigenvalue weighted by Gasteiger charge is -1.88. The van der Waals surface area contributed by atoms with Crippen molar-refractivity contribution in [3.8, 4) is 0 Å². The average Bonchev–Trinajstić information content (AvgIpc) is 2.08. The Labute approximate surface area is 92.4 Å². The zero-order valence-corrected chi connectivity index (χ0v) is 11.2. The molecule has 1 rings (SSSR count). The van der Waals surface area contributed by atoms with Crippen molar-refractivity contribution in [3.63, 3.8) is 0 Å². The van der Waals surface area contributed by atoms with Crippen LogP contribution in [-0.4, -0.2) is 8.42 Å². The van der Waals surface area contributed by atoms with Crippen LogP contribution in [0.5, 0.6) is 0 Å². The van der Waals surface area contributed by atoms with Crippen molar-refractivity contribution in [1.82, 2.24) is 0 Å². The van der Waals surface area contributed by atoms with Crippen LogP contribution in [0.25, 0.3) is 0 Å². The highest BCUT2D eigenvalue weighted by Crippen LogP contribution is 2.36. The third-order valence-electron chi connectivity index (χ3n) is 0.888. The molecule has 0 amide bonds. The van der Waals surface area contributed by atoms with E-state index < -0.39 is 8.27 Å². The van der Waals surface area contributed by atoms with Gasteiger partial charge in [0.1, 0.15) is 4.90 Å². The molecule has 0 aliphatic carbocycles. The number of hydrogen-bond acceptors (Lipinski definition) is 3. The zero-order chi connectivity index (χ0) is 8.65. The van der Waals surface area contributed by atoms with Crippen LogP contribution >= 0.6 is 58.0 Å². The van der Waals surface area contributed by atoms with Crippen LogP contribution < -0.4 is 0 Å². The van der Waals surface area contributed by atoms with Gasteiger partial charge in [-0.05, 0) is 37.9 Å². The minimum absolute atomic E-state index is 0.259. The summed E-state index contributed by atoms with van der Waals surface area (Å²) >= 11 is 10.2. The van der Waals surface area contributed by atoms with Gasteiger partial charge in [-0.1, -0.05) is 0 Å². The van der Waals surface area contributed by atoms with Crippen molar-refractivity contribution in [3.05, 3.63) is 13.6 Å². The second-order valence-electron chi connectivity index (χ2n) is 1.63. The molecular weight excluding hydrogens is 384 g/mol. The van der Waals surface area contributed by atoms with Crippen LogP contribution in [0.4, 0.5) is 0 Å². The summed E-state index contributed by atoms with van der Waals surface area (Å²) in [5.41, 5.74) is 0. The molecule has 11 heavy (non-hydrogen) atoms. The molecule has 0 unspecified atom stereocenters. The maximum Gasteiger partial charge on any atom is 0.239 e. The van der Waals surface area contributed by atoms with Crippen LogP contribution in [0.2, 0.25) is 0 Å². The standard InChI is InChI=1S/C4HBr3O2S2/c5-3-1-2(4(6)10-3)11(7,8)9/h1H. The zero-order valence-electron chi connectivity index (χ0n) is 4.84. The highest BCUT2D eigenvalue weighted by Gasteiger charge is 2.16. The van der Waals surface area contributed by atoms with Gasteiger partial charge < -0.3 is 0 Å². The summed E-state index contributed by atoms with van der Waals surface area (Å²) in [7, 11) is -3.27. The van der Waals surface area contributed by atoms with Gasteiger partial charge in [-0.25, -0.2) is 8.42 Å². The second kappa shape index (κ2) is 3.45. The maximum atomic E-state index is 10.9. The summed E-state index contributed by atoms with van der Waals surface area (Å²) in [6.45, 7) is 0. The smallest absolute Gasteiger partial charge is 0.212 e. The minimum atomic E-state index is -3.27. The van der Waals surface area contributed by atoms with Crippen molar-refractivity contribution in [2.75, 3.05) is 0 Å². The first-order valence-corrected chi connectivity index (χ1v) is 8.03. The number of hydrogen-bond donors (Lipinski definition) is 0. The molecule has 0 N–H and O–H groups in total. The summed E-state index contributed by atoms with van der Waals surface area (Å²) in [4.78, 5) is 0.259. The fourth-order valence-corrected chi connectivity index (χ4v) is 6.51. The highest BCUT2D eigenvalue weighted by molar-refractivity contribution is 9.47. The fraction of sp³-hybridized carbons (Fsp3) is 0. The largest absolute Gasteiger partial charge is 0.239 e. The summed E-state index contributed by atoms with van der Waals surface area (Å²) < 4.78 is 23.3. The van der Waals surface area contributed by atoms with Crippen LogP contribution in [0, 0.1) is 0 Å². The van der Waals surface area contributed by atoms with Crippen molar-refractivity contribution >= 4 is 66.3 Å². The predicted molar refractivity (Wildman–Crippen MR) is 55.8 cm³/mol. The third-order valence-corrected chi connectivity index (χ3v) is 5.51. The fourth-order valence-electron chi connectivity index (χ4n) is 0.491. The van der Waals surface area contributed by atoms with Gasteiger partial charge in [0.15, 0.2) is 0 Å². The molecule has 0 atom stereocenters. The lowest BCUT2D eigenvalue weighted by Crippen LogP contribution is -1.85. The van der Waals surface area contributed by atoms with E-state index >= 15 is 0 Å². The highest BCUT2D eigenvalue weighted by atomic mass is 79.9. The molecule has 0 aliphatic rings. The third kappa shape index (κ3) is 2.51. The van der Waals surface area contributed by atoms with Gasteiger partial charge >= 0.3 is 0 Å². The van der Waals surface area contributed by atoms with Crippen LogP contribution in [0.3, 0.4) is 0 Å². The molecule has 1 aromatic heterocycles. The molecule has 0 saturated heterocycles. The molecule has 0 saturated carbocycles. The number of thiophene rings is 1. The van der Waals surface area contributed by atoms with E-state index in [4.69, 9.17) is 0 Å². The lowest BCUT2D eigenvalue weighted by atomic mass is 10.7. The maximum absolute atomic E-state index is 10.9. The Morgan fingerprint density at radius 1 is 1.36 bits per heavy atom. The van der Waals surface area contributed by atoms with Gasteiger partial charge in [0.05, 0.1) is 22.4 Å². The summed E-state index contributed by atoms with van der Waals surface area (Å²) in [5, 5.41) is 0. The first kappa shape index (κ1) is 10.2. The minimum Gasteiger partial charge on any atom is -0.212 e. The average molecular weight is 385 g/mol. The first-order chi connectivity index (χ1) is 4.91. The van der Waals surface area contributed by atoms with Gasteiger partial charge in [0.25, 0.3) is 0 Å². The Balaban J connectivity index is 3.36. The van der Waals surface area contributed by atoms with Gasteiger partial charge in [-0.3, -0.25) is 0 Å². The molecule has 0 fully saturated rings. The molecule has 0 radical (unpaired) electrons. The Bertz CT molecular complexity index is 367. The van der Waals surface area contributed by atoms with E-state index in [0.29, 0.717) is 3.79 Å². The molecule has 0 bridgehead atoms. The molecule has 7 heteroatoms. The topological polar surface area (TPSA) is 34.1 Å². The first-order valence-electron chi connectivity index (χ1n) is 2.31. The molecule has 0 spiro atoms. The normalized spacial score (nSPS) is 11.9. The predicted octanol–water partition coefficient (Wildman–Crippen LogP) is 3.36. The molecule has 1 aromatic rings. The van der Waals surface area contributed by atoms with Crippen molar-refractivity contribution in [2.24, 2.45) is 0 Å². The lowest BCUT2D eigenvalue weighted by molar-refractivity contribution is 0.611. The van der Waals surface area contributed by atoms with Gasteiger partial charge in [-0.2, -0.15) is 0 Å². The number of rotatable bonds is 1. The monoisotopic (exact) mass is 382 g/mol. The van der Waals surface area contributed by atoms with Crippen molar-refractivity contribution in [2.45, 2.75) is 4.90 Å². The van der Waals surface area contributed by atoms with E-state index in [2.05, 4.69) is 46.7 Å². The Hall–Kier alpha value is 1.09. The second-order valence-corrected chi connectivity index (χ2v) is 9.25. The molecule has 0 aromatic carbocycles. The molecule has 1 heterocycles. The van der Waals surface area contributed by atoms with E-state index in [1.165, 1.54) is 11.3 Å². The molecule has 2 nitrogen and oxygen atoms in total. The van der Waals surface area contributed by atoms with E-state index in [1.54, 1.807) is 6.07 Å². The van der Waals surface area contributed by atoms with Crippen LogP contribution in [0.15, 0.2) is 18.5 Å². The molecule has 62 valence electrons. The van der Waals surface area contributed by atoms with E-state index in [-0.39, 0.29) is 4.90 Å². The van der Waals surface area contributed by atoms with Crippen molar-refractivity contribution in [1.29, 1.82) is 0 Å². The van der Waals surface area contributed by atoms with Gasteiger partial charge in [-0.15, -0.1) is 11.3 Å². The van der Waals surface area contributed by atoms with Crippen LogP contribution in [0.1, 0.15) is 0 Å². The molecular formula is C4HBr3O2S2. The summed E-state index contributed by atoms with van der Waals surface area (Å²) in [6.07, 6.45) is 0. The van der Waals surface area contributed by atoms with E-state index in [1.807, 2.05) is 0 Å². The van der Waals surface area contributed by atoms with E-state index in [0.717, 1.165) is 3.79 Å². The van der Waals surface area contributed by atoms with Crippen molar-refractivity contribution < 1.29 is 8.42 Å². The Kier molecular flexibility index (Phi) is 3.19. The summed E-state index contributed by atoms with van der Waals surface area (Å²) in [5.74, 6) is 0. The summed E-state index contributed by atoms with van der Waals surface area (Å²) in [6, 6.07) is 1.54. The van der Waals surface area contributed by atoms with Crippen LogP contribution in [-0.2, 0) is 8.27 Å².